The first-order chi connectivity index (χ1) is 9.88. The normalized spacial score (nSPS) is 16.9. The summed E-state index contributed by atoms with van der Waals surface area (Å²) in [7, 11) is 1.56. The summed E-state index contributed by atoms with van der Waals surface area (Å²) in [6.45, 7) is 1.96. The van der Waals surface area contributed by atoms with Gasteiger partial charge in [0.2, 0.25) is 5.91 Å². The third-order valence-electron chi connectivity index (χ3n) is 3.17. The Morgan fingerprint density at radius 1 is 1.43 bits per heavy atom. The molecule has 1 aliphatic rings. The lowest BCUT2D eigenvalue weighted by Crippen LogP contribution is -2.30. The highest BCUT2D eigenvalue weighted by Gasteiger charge is 2.24. The number of benzene rings is 1. The minimum atomic E-state index is -0.947. The summed E-state index contributed by atoms with van der Waals surface area (Å²) in [4.78, 5) is 36.7. The molecular formula is C14H16N2O4S. The van der Waals surface area contributed by atoms with Gasteiger partial charge in [-0.1, -0.05) is 0 Å². The maximum atomic E-state index is 12.2. The molecule has 21 heavy (non-hydrogen) atoms. The van der Waals surface area contributed by atoms with Crippen LogP contribution < -0.4 is 5.32 Å². The van der Waals surface area contributed by atoms with Crippen molar-refractivity contribution in [1.29, 1.82) is 0 Å². The van der Waals surface area contributed by atoms with Gasteiger partial charge in [0, 0.05) is 24.1 Å². The summed E-state index contributed by atoms with van der Waals surface area (Å²) < 4.78 is 0. The molecule has 1 aromatic rings. The molecule has 2 N–H and O–H groups in total. The molecule has 0 aromatic heterocycles. The van der Waals surface area contributed by atoms with Crippen LogP contribution in [0.2, 0.25) is 0 Å². The Bertz CT molecular complexity index is 603. The van der Waals surface area contributed by atoms with Gasteiger partial charge in [-0.05, 0) is 25.1 Å². The number of carbonyl (C=O) groups is 3. The second-order valence-electron chi connectivity index (χ2n) is 4.83. The molecule has 0 saturated carbocycles. The second-order valence-corrected chi connectivity index (χ2v) is 6.21. The van der Waals surface area contributed by atoms with Crippen molar-refractivity contribution in [3.63, 3.8) is 0 Å². The summed E-state index contributed by atoms with van der Waals surface area (Å²) in [6.07, 6.45) is -0.0999. The van der Waals surface area contributed by atoms with E-state index in [-0.39, 0.29) is 30.0 Å². The van der Waals surface area contributed by atoms with Crippen molar-refractivity contribution in [2.45, 2.75) is 23.5 Å². The standard InChI is InChI=1S/C14H16N2O4S/c1-8-13(19)15-10-7-9(3-4-11(10)21-8)14(20)16(2)6-5-12(17)18/h3-4,7-8H,5-6H2,1-2H3,(H,15,19)(H,17,18). The van der Waals surface area contributed by atoms with Gasteiger partial charge in [-0.15, -0.1) is 11.8 Å². The quantitative estimate of drug-likeness (QED) is 0.883. The number of thioether (sulfide) groups is 1. The molecule has 1 aromatic carbocycles. The lowest BCUT2D eigenvalue weighted by Gasteiger charge is -2.22. The highest BCUT2D eigenvalue weighted by Crippen LogP contribution is 2.36. The fourth-order valence-corrected chi connectivity index (χ4v) is 2.86. The average molecular weight is 308 g/mol. The van der Waals surface area contributed by atoms with E-state index in [9.17, 15) is 14.4 Å². The fourth-order valence-electron chi connectivity index (χ4n) is 1.93. The monoisotopic (exact) mass is 308 g/mol. The predicted octanol–water partition coefficient (Wildman–Crippen LogP) is 1.67. The van der Waals surface area contributed by atoms with Gasteiger partial charge < -0.3 is 15.3 Å². The van der Waals surface area contributed by atoms with Gasteiger partial charge in [0.05, 0.1) is 17.4 Å². The first-order valence-corrected chi connectivity index (χ1v) is 7.35. The van der Waals surface area contributed by atoms with Crippen LogP contribution in [-0.2, 0) is 9.59 Å². The van der Waals surface area contributed by atoms with Gasteiger partial charge in [0.1, 0.15) is 0 Å². The number of carbonyl (C=O) groups excluding carboxylic acids is 2. The zero-order valence-electron chi connectivity index (χ0n) is 11.8. The maximum Gasteiger partial charge on any atom is 0.305 e. The fraction of sp³-hybridized carbons (Fsp3) is 0.357. The number of aliphatic carboxylic acids is 1. The molecule has 0 aliphatic carbocycles. The Morgan fingerprint density at radius 3 is 2.81 bits per heavy atom. The van der Waals surface area contributed by atoms with Crippen LogP contribution in [0.3, 0.4) is 0 Å². The molecule has 1 unspecified atom stereocenters. The molecule has 0 saturated heterocycles. The highest BCUT2D eigenvalue weighted by molar-refractivity contribution is 8.00. The Morgan fingerprint density at radius 2 is 2.14 bits per heavy atom. The highest BCUT2D eigenvalue weighted by atomic mass is 32.2. The summed E-state index contributed by atoms with van der Waals surface area (Å²) in [5.41, 5.74) is 1.05. The van der Waals surface area contributed by atoms with Crippen molar-refractivity contribution in [3.05, 3.63) is 23.8 Å². The lowest BCUT2D eigenvalue weighted by atomic mass is 10.1. The molecule has 2 rings (SSSR count). The van der Waals surface area contributed by atoms with Crippen LogP contribution in [0.25, 0.3) is 0 Å². The minimum Gasteiger partial charge on any atom is -0.481 e. The Balaban J connectivity index is 2.14. The Hall–Kier alpha value is -2.02. The van der Waals surface area contributed by atoms with E-state index in [4.69, 9.17) is 5.11 Å². The van der Waals surface area contributed by atoms with Crippen molar-refractivity contribution in [2.75, 3.05) is 18.9 Å². The van der Waals surface area contributed by atoms with Gasteiger partial charge in [-0.3, -0.25) is 14.4 Å². The van der Waals surface area contributed by atoms with Gasteiger partial charge in [0.25, 0.3) is 5.91 Å². The average Bonchev–Trinajstić information content (AvgIpc) is 2.44. The molecule has 1 aliphatic heterocycles. The van der Waals surface area contributed by atoms with Gasteiger partial charge in [-0.25, -0.2) is 0 Å². The molecule has 1 atom stereocenters. The molecule has 0 bridgehead atoms. The smallest absolute Gasteiger partial charge is 0.305 e. The molecule has 2 amide bonds. The zero-order chi connectivity index (χ0) is 15.6. The Labute approximate surface area is 126 Å². The van der Waals surface area contributed by atoms with Crippen molar-refractivity contribution in [1.82, 2.24) is 4.90 Å². The van der Waals surface area contributed by atoms with E-state index in [1.165, 1.54) is 16.7 Å². The van der Waals surface area contributed by atoms with Crippen LogP contribution in [0.1, 0.15) is 23.7 Å². The summed E-state index contributed by atoms with van der Waals surface area (Å²) >= 11 is 1.45. The molecule has 0 spiro atoms. The van der Waals surface area contributed by atoms with Crippen LogP contribution in [0.5, 0.6) is 0 Å². The van der Waals surface area contributed by atoms with Crippen molar-refractivity contribution in [3.8, 4) is 0 Å². The van der Waals surface area contributed by atoms with Crippen LogP contribution in [-0.4, -0.2) is 46.6 Å². The summed E-state index contributed by atoms with van der Waals surface area (Å²) in [5, 5.41) is 11.3. The van der Waals surface area contributed by atoms with Crippen LogP contribution in [0.15, 0.2) is 23.1 Å². The largest absolute Gasteiger partial charge is 0.481 e. The minimum absolute atomic E-state index is 0.0867. The molecule has 7 heteroatoms. The first-order valence-electron chi connectivity index (χ1n) is 6.47. The van der Waals surface area contributed by atoms with Crippen LogP contribution >= 0.6 is 11.8 Å². The van der Waals surface area contributed by atoms with Crippen molar-refractivity contribution in [2.24, 2.45) is 0 Å². The van der Waals surface area contributed by atoms with Gasteiger partial charge in [0.15, 0.2) is 0 Å². The van der Waals surface area contributed by atoms with Crippen molar-refractivity contribution >= 4 is 35.2 Å². The number of nitrogens with zero attached hydrogens (tertiary/aromatic N) is 1. The third kappa shape index (κ3) is 3.55. The van der Waals surface area contributed by atoms with Gasteiger partial charge in [-0.2, -0.15) is 0 Å². The molecule has 6 nitrogen and oxygen atoms in total. The van der Waals surface area contributed by atoms with Gasteiger partial charge >= 0.3 is 5.97 Å². The van der Waals surface area contributed by atoms with Crippen molar-refractivity contribution < 1.29 is 19.5 Å². The SMILES string of the molecule is CC1Sc2ccc(C(=O)N(C)CCC(=O)O)cc2NC1=O. The van der Waals surface area contributed by atoms with E-state index in [1.807, 2.05) is 6.92 Å². The number of carboxylic acid groups (broad SMARTS) is 1. The molecular weight excluding hydrogens is 292 g/mol. The first kappa shape index (κ1) is 15.4. The second kappa shape index (κ2) is 6.17. The number of carboxylic acids is 1. The topological polar surface area (TPSA) is 86.7 Å². The van der Waals surface area contributed by atoms with E-state index in [2.05, 4.69) is 5.32 Å². The summed E-state index contributed by atoms with van der Waals surface area (Å²) in [6, 6.07) is 5.12. The maximum absolute atomic E-state index is 12.2. The number of hydrogen-bond acceptors (Lipinski definition) is 4. The summed E-state index contributed by atoms with van der Waals surface area (Å²) in [5.74, 6) is -1.30. The van der Waals surface area contributed by atoms with E-state index < -0.39 is 5.97 Å². The lowest BCUT2D eigenvalue weighted by molar-refractivity contribution is -0.137. The number of fused-ring (bicyclic) bond motifs is 1. The molecule has 0 radical (unpaired) electrons. The molecule has 1 heterocycles. The zero-order valence-corrected chi connectivity index (χ0v) is 12.6. The van der Waals surface area contributed by atoms with Crippen LogP contribution in [0.4, 0.5) is 5.69 Å². The van der Waals surface area contributed by atoms with Crippen LogP contribution in [0, 0.1) is 0 Å². The number of hydrogen-bond donors (Lipinski definition) is 2. The van der Waals surface area contributed by atoms with E-state index >= 15 is 0 Å². The van der Waals surface area contributed by atoms with E-state index in [0.29, 0.717) is 11.3 Å². The Kier molecular flexibility index (Phi) is 4.52. The number of rotatable bonds is 4. The van der Waals surface area contributed by atoms with E-state index in [0.717, 1.165) is 4.90 Å². The van der Waals surface area contributed by atoms with E-state index in [1.54, 1.807) is 25.2 Å². The number of nitrogens with one attached hydrogen (secondary N) is 1. The third-order valence-corrected chi connectivity index (χ3v) is 4.34. The predicted molar refractivity (Wildman–Crippen MR) is 79.6 cm³/mol. The molecule has 0 fully saturated rings. The number of anilines is 1. The number of amides is 2. The molecule has 112 valence electrons.